The molecule has 0 spiro atoms. The topological polar surface area (TPSA) is 105 Å². The Morgan fingerprint density at radius 2 is 1.85 bits per heavy atom. The van der Waals surface area contributed by atoms with Gasteiger partial charge in [0.2, 0.25) is 5.89 Å². The molecule has 8 nitrogen and oxygen atoms in total. The third-order valence-electron chi connectivity index (χ3n) is 5.49. The van der Waals surface area contributed by atoms with Crippen LogP contribution in [0.5, 0.6) is 0 Å². The molecule has 1 aliphatic heterocycles. The Balaban J connectivity index is 1.51. The van der Waals surface area contributed by atoms with Crippen LogP contribution >= 0.6 is 11.6 Å². The normalized spacial score (nSPS) is 15.0. The number of rotatable bonds is 6. The van der Waals surface area contributed by atoms with E-state index in [4.69, 9.17) is 16.0 Å². The number of benzene rings is 2. The SMILES string of the molecule is O=C1c2cc(-c3nnc(C(F)F)o3)ccc2CN1[C@H](c1ncccn1)[C@@H](O)c1cccc(Cl)c1. The molecule has 0 fully saturated rings. The summed E-state index contributed by atoms with van der Waals surface area (Å²) in [6.45, 7) is 0.182. The highest BCUT2D eigenvalue weighted by Gasteiger charge is 2.39. The standard InChI is InChI=1S/C23H16ClF2N5O3/c24-15-4-1-3-12(9-15)18(32)17(20-27-7-2-8-28-20)31-11-14-6-5-13(10-16(14)23(31)33)21-29-30-22(34-21)19(25)26/h1-10,17-19,32H,11H2/t17-,18-/m0/s1. The van der Waals surface area contributed by atoms with E-state index in [-0.39, 0.29) is 24.2 Å². The summed E-state index contributed by atoms with van der Waals surface area (Å²) in [5, 5.41) is 18.7. The number of aliphatic hydroxyl groups excluding tert-OH is 1. The summed E-state index contributed by atoms with van der Waals surface area (Å²) in [6, 6.07) is 12.2. The van der Waals surface area contributed by atoms with Gasteiger partial charge in [-0.1, -0.05) is 29.8 Å². The van der Waals surface area contributed by atoms with Gasteiger partial charge in [0.25, 0.3) is 11.8 Å². The van der Waals surface area contributed by atoms with E-state index in [9.17, 15) is 18.7 Å². The Bertz CT molecular complexity index is 1350. The Labute approximate surface area is 196 Å². The molecule has 0 radical (unpaired) electrons. The molecule has 0 bridgehead atoms. The number of alkyl halides is 2. The lowest BCUT2D eigenvalue weighted by Gasteiger charge is -2.30. The number of carbonyl (C=O) groups is 1. The van der Waals surface area contributed by atoms with Crippen molar-refractivity contribution >= 4 is 17.5 Å². The molecule has 1 aliphatic rings. The van der Waals surface area contributed by atoms with Crippen LogP contribution in [0.1, 0.15) is 51.8 Å². The maximum atomic E-state index is 13.5. The van der Waals surface area contributed by atoms with Crippen molar-refractivity contribution in [2.75, 3.05) is 0 Å². The van der Waals surface area contributed by atoms with Gasteiger partial charge >= 0.3 is 6.43 Å². The van der Waals surface area contributed by atoms with Crippen molar-refractivity contribution in [2.24, 2.45) is 0 Å². The van der Waals surface area contributed by atoms with Crippen molar-refractivity contribution in [1.29, 1.82) is 0 Å². The Kier molecular flexibility index (Phi) is 5.76. The van der Waals surface area contributed by atoms with Gasteiger partial charge in [0.15, 0.2) is 5.82 Å². The van der Waals surface area contributed by atoms with Crippen molar-refractivity contribution in [2.45, 2.75) is 25.1 Å². The quantitative estimate of drug-likeness (QED) is 0.429. The van der Waals surface area contributed by atoms with E-state index in [1.54, 1.807) is 42.5 Å². The van der Waals surface area contributed by atoms with Crippen LogP contribution in [0.15, 0.2) is 65.3 Å². The largest absolute Gasteiger partial charge is 0.415 e. The van der Waals surface area contributed by atoms with E-state index in [2.05, 4.69) is 20.2 Å². The van der Waals surface area contributed by atoms with Crippen LogP contribution in [0.25, 0.3) is 11.5 Å². The minimum absolute atomic E-state index is 0.119. The van der Waals surface area contributed by atoms with Crippen molar-refractivity contribution in [3.63, 3.8) is 0 Å². The van der Waals surface area contributed by atoms with Gasteiger partial charge in [-0.3, -0.25) is 4.79 Å². The third kappa shape index (κ3) is 4.02. The molecule has 34 heavy (non-hydrogen) atoms. The molecular formula is C23H16ClF2N5O3. The first-order valence-corrected chi connectivity index (χ1v) is 10.6. The molecule has 2 aromatic heterocycles. The molecule has 1 amide bonds. The van der Waals surface area contributed by atoms with Crippen molar-refractivity contribution in [1.82, 2.24) is 25.1 Å². The second-order valence-electron chi connectivity index (χ2n) is 7.60. The number of amides is 1. The van der Waals surface area contributed by atoms with Crippen LogP contribution in [0.2, 0.25) is 5.02 Å². The highest BCUT2D eigenvalue weighted by atomic mass is 35.5. The second-order valence-corrected chi connectivity index (χ2v) is 8.04. The fourth-order valence-electron chi connectivity index (χ4n) is 3.91. The van der Waals surface area contributed by atoms with Gasteiger partial charge in [-0.25, -0.2) is 9.97 Å². The molecule has 1 N–H and O–H groups in total. The maximum Gasteiger partial charge on any atom is 0.314 e. The van der Waals surface area contributed by atoms with E-state index in [0.717, 1.165) is 0 Å². The van der Waals surface area contributed by atoms with Gasteiger partial charge in [0.1, 0.15) is 12.1 Å². The third-order valence-corrected chi connectivity index (χ3v) is 5.73. The fourth-order valence-corrected chi connectivity index (χ4v) is 4.11. The number of nitrogens with zero attached hydrogens (tertiary/aromatic N) is 5. The number of fused-ring (bicyclic) bond motifs is 1. The summed E-state index contributed by atoms with van der Waals surface area (Å²) in [5.41, 5.74) is 1.84. The molecular weight excluding hydrogens is 468 g/mol. The van der Waals surface area contributed by atoms with Crippen LogP contribution in [0.4, 0.5) is 8.78 Å². The number of aromatic nitrogens is 4. The van der Waals surface area contributed by atoms with Crippen LogP contribution in [-0.2, 0) is 6.54 Å². The maximum absolute atomic E-state index is 13.5. The van der Waals surface area contributed by atoms with Gasteiger partial charge < -0.3 is 14.4 Å². The summed E-state index contributed by atoms with van der Waals surface area (Å²) in [5.74, 6) is -1.04. The zero-order chi connectivity index (χ0) is 23.8. The van der Waals surface area contributed by atoms with Crippen molar-refractivity contribution in [3.05, 3.63) is 94.4 Å². The van der Waals surface area contributed by atoms with E-state index in [1.165, 1.54) is 23.4 Å². The van der Waals surface area contributed by atoms with Crippen LogP contribution in [0, 0.1) is 0 Å². The zero-order valence-corrected chi connectivity index (χ0v) is 18.1. The molecule has 0 saturated carbocycles. The molecule has 11 heteroatoms. The Morgan fingerprint density at radius 3 is 2.56 bits per heavy atom. The summed E-state index contributed by atoms with van der Waals surface area (Å²) in [4.78, 5) is 23.5. The van der Waals surface area contributed by atoms with Gasteiger partial charge in [-0.15, -0.1) is 10.2 Å². The number of hydrogen-bond acceptors (Lipinski definition) is 7. The zero-order valence-electron chi connectivity index (χ0n) is 17.3. The number of halogens is 3. The van der Waals surface area contributed by atoms with E-state index < -0.39 is 24.5 Å². The smallest absolute Gasteiger partial charge is 0.314 e. The minimum atomic E-state index is -2.90. The molecule has 0 unspecified atom stereocenters. The fraction of sp³-hybridized carbons (Fsp3) is 0.174. The Morgan fingerprint density at radius 1 is 1.06 bits per heavy atom. The molecule has 3 heterocycles. The summed E-state index contributed by atoms with van der Waals surface area (Å²) in [6.07, 6.45) is -1.000. The van der Waals surface area contributed by atoms with Crippen LogP contribution in [-0.4, -0.2) is 36.1 Å². The summed E-state index contributed by atoms with van der Waals surface area (Å²) < 4.78 is 30.6. The summed E-state index contributed by atoms with van der Waals surface area (Å²) >= 11 is 6.11. The highest BCUT2D eigenvalue weighted by molar-refractivity contribution is 6.30. The first-order chi connectivity index (χ1) is 16.4. The molecule has 172 valence electrons. The van der Waals surface area contributed by atoms with Crippen LogP contribution < -0.4 is 0 Å². The molecule has 0 aliphatic carbocycles. The predicted molar refractivity (Wildman–Crippen MR) is 116 cm³/mol. The van der Waals surface area contributed by atoms with E-state index in [1.807, 2.05) is 0 Å². The number of carbonyl (C=O) groups excluding carboxylic acids is 1. The molecule has 0 saturated heterocycles. The minimum Gasteiger partial charge on any atom is -0.415 e. The highest BCUT2D eigenvalue weighted by Crippen LogP contribution is 2.39. The predicted octanol–water partition coefficient (Wildman–Crippen LogP) is 4.55. The van der Waals surface area contributed by atoms with E-state index >= 15 is 0 Å². The average Bonchev–Trinajstić information content (AvgIpc) is 3.46. The van der Waals surface area contributed by atoms with Gasteiger partial charge in [-0.2, -0.15) is 8.78 Å². The summed E-state index contributed by atoms with van der Waals surface area (Å²) in [7, 11) is 0. The average molecular weight is 484 g/mol. The van der Waals surface area contributed by atoms with Gasteiger partial charge in [0.05, 0.1) is 0 Å². The second kappa shape index (κ2) is 8.88. The molecule has 4 aromatic rings. The van der Waals surface area contributed by atoms with Gasteiger partial charge in [-0.05, 0) is 41.5 Å². The van der Waals surface area contributed by atoms with Crippen molar-refractivity contribution < 1.29 is 23.1 Å². The lowest BCUT2D eigenvalue weighted by atomic mass is 10.00. The van der Waals surface area contributed by atoms with Gasteiger partial charge in [0, 0.05) is 35.1 Å². The number of hydrogen-bond donors (Lipinski definition) is 1. The van der Waals surface area contributed by atoms with E-state index in [0.29, 0.717) is 27.3 Å². The molecule has 2 aromatic carbocycles. The Hall–Kier alpha value is -3.76. The van der Waals surface area contributed by atoms with Crippen LogP contribution in [0.3, 0.4) is 0 Å². The molecule has 5 rings (SSSR count). The van der Waals surface area contributed by atoms with Crippen molar-refractivity contribution in [3.8, 4) is 11.5 Å². The first kappa shape index (κ1) is 22.1. The first-order valence-electron chi connectivity index (χ1n) is 10.2. The molecule has 2 atom stereocenters. The lowest BCUT2D eigenvalue weighted by molar-refractivity contribution is 0.0332. The monoisotopic (exact) mass is 483 g/mol. The number of aliphatic hydroxyl groups is 1. The lowest BCUT2D eigenvalue weighted by Crippen LogP contribution is -2.34.